The quantitative estimate of drug-likeness (QED) is 0.826. The first-order chi connectivity index (χ1) is 8.68. The van der Waals surface area contributed by atoms with Crippen LogP contribution in [0.4, 0.5) is 0 Å². The average molecular weight is 387 g/mol. The van der Waals surface area contributed by atoms with Crippen molar-refractivity contribution in [2.75, 3.05) is 13.1 Å². The first-order valence-corrected chi connectivity index (χ1v) is 8.29. The van der Waals surface area contributed by atoms with Crippen molar-refractivity contribution in [2.24, 2.45) is 0 Å². The van der Waals surface area contributed by atoms with Gasteiger partial charge in [-0.1, -0.05) is 28.1 Å². The Morgan fingerprint density at radius 3 is 2.56 bits per heavy atom. The summed E-state index contributed by atoms with van der Waals surface area (Å²) in [5.74, 6) is 0. The molecule has 0 unspecified atom stereocenters. The molecule has 2 heterocycles. The lowest BCUT2D eigenvalue weighted by molar-refractivity contribution is 0.276. The van der Waals surface area contributed by atoms with Crippen LogP contribution < -0.4 is 5.32 Å². The van der Waals surface area contributed by atoms with Gasteiger partial charge < -0.3 is 5.32 Å². The monoisotopic (exact) mass is 385 g/mol. The standard InChI is InChI=1S/C14H13Br2NS/c15-11-3-1-2-10(6-11)14(8-17-9-14)7-12-4-5-13(16)18-12/h1-6,17H,7-9H2. The van der Waals surface area contributed by atoms with E-state index in [0.717, 1.165) is 19.5 Å². The molecule has 2 aromatic rings. The number of benzene rings is 1. The largest absolute Gasteiger partial charge is 0.315 e. The first-order valence-electron chi connectivity index (χ1n) is 5.89. The number of halogens is 2. The number of hydrogen-bond donors (Lipinski definition) is 1. The summed E-state index contributed by atoms with van der Waals surface area (Å²) in [6, 6.07) is 13.1. The van der Waals surface area contributed by atoms with Gasteiger partial charge in [-0.05, 0) is 52.2 Å². The molecule has 0 saturated carbocycles. The SMILES string of the molecule is Brc1cccc(C2(Cc3ccc(Br)s3)CNC2)c1. The lowest BCUT2D eigenvalue weighted by Crippen LogP contribution is -2.58. The Labute approximate surface area is 128 Å². The molecule has 0 amide bonds. The maximum Gasteiger partial charge on any atom is 0.0701 e. The van der Waals surface area contributed by atoms with Gasteiger partial charge in [-0.3, -0.25) is 0 Å². The van der Waals surface area contributed by atoms with E-state index in [2.05, 4.69) is 73.6 Å². The Hall–Kier alpha value is -0.160. The predicted octanol–water partition coefficient (Wildman–Crippen LogP) is 4.36. The van der Waals surface area contributed by atoms with Gasteiger partial charge in [0.1, 0.15) is 0 Å². The summed E-state index contributed by atoms with van der Waals surface area (Å²) in [5.41, 5.74) is 1.70. The summed E-state index contributed by atoms with van der Waals surface area (Å²) in [7, 11) is 0. The van der Waals surface area contributed by atoms with Gasteiger partial charge in [-0.25, -0.2) is 0 Å². The topological polar surface area (TPSA) is 12.0 Å². The van der Waals surface area contributed by atoms with Gasteiger partial charge in [0, 0.05) is 27.9 Å². The highest BCUT2D eigenvalue weighted by molar-refractivity contribution is 9.11. The molecular formula is C14H13Br2NS. The number of nitrogens with one attached hydrogen (secondary N) is 1. The summed E-state index contributed by atoms with van der Waals surface area (Å²) < 4.78 is 2.38. The van der Waals surface area contributed by atoms with Crippen LogP contribution in [0.3, 0.4) is 0 Å². The smallest absolute Gasteiger partial charge is 0.0701 e. The van der Waals surface area contributed by atoms with E-state index in [1.807, 2.05) is 11.3 Å². The van der Waals surface area contributed by atoms with Crippen LogP contribution in [0, 0.1) is 0 Å². The van der Waals surface area contributed by atoms with E-state index in [-0.39, 0.29) is 5.41 Å². The Bertz CT molecular complexity index is 560. The Morgan fingerprint density at radius 1 is 1.17 bits per heavy atom. The molecule has 1 aromatic carbocycles. The van der Waals surface area contributed by atoms with E-state index in [9.17, 15) is 0 Å². The minimum Gasteiger partial charge on any atom is -0.315 e. The van der Waals surface area contributed by atoms with Crippen molar-refractivity contribution >= 4 is 43.2 Å². The first kappa shape index (κ1) is 12.9. The van der Waals surface area contributed by atoms with E-state index in [0.29, 0.717) is 0 Å². The molecule has 1 nitrogen and oxygen atoms in total. The van der Waals surface area contributed by atoms with Crippen molar-refractivity contribution in [3.05, 3.63) is 55.1 Å². The fourth-order valence-corrected chi connectivity index (χ4v) is 4.48. The predicted molar refractivity (Wildman–Crippen MR) is 84.4 cm³/mol. The minimum absolute atomic E-state index is 0.272. The van der Waals surface area contributed by atoms with Crippen molar-refractivity contribution in [2.45, 2.75) is 11.8 Å². The normalized spacial score (nSPS) is 17.4. The summed E-state index contributed by atoms with van der Waals surface area (Å²) in [4.78, 5) is 1.45. The van der Waals surface area contributed by atoms with Crippen LogP contribution in [-0.4, -0.2) is 13.1 Å². The van der Waals surface area contributed by atoms with Crippen molar-refractivity contribution in [1.82, 2.24) is 5.32 Å². The van der Waals surface area contributed by atoms with Crippen LogP contribution in [0.2, 0.25) is 0 Å². The second kappa shape index (κ2) is 5.08. The number of hydrogen-bond acceptors (Lipinski definition) is 2. The molecule has 1 fully saturated rings. The lowest BCUT2D eigenvalue weighted by Gasteiger charge is -2.43. The molecule has 1 aliphatic heterocycles. The molecule has 18 heavy (non-hydrogen) atoms. The molecular weight excluding hydrogens is 374 g/mol. The van der Waals surface area contributed by atoms with Gasteiger partial charge in [-0.15, -0.1) is 11.3 Å². The van der Waals surface area contributed by atoms with Crippen LogP contribution in [0.15, 0.2) is 44.7 Å². The maximum absolute atomic E-state index is 3.57. The van der Waals surface area contributed by atoms with Gasteiger partial charge in [0.05, 0.1) is 3.79 Å². The van der Waals surface area contributed by atoms with Crippen molar-refractivity contribution in [1.29, 1.82) is 0 Å². The molecule has 0 radical (unpaired) electrons. The zero-order valence-corrected chi connectivity index (χ0v) is 13.7. The molecule has 0 bridgehead atoms. The van der Waals surface area contributed by atoms with Crippen LogP contribution >= 0.6 is 43.2 Å². The molecule has 94 valence electrons. The van der Waals surface area contributed by atoms with Crippen LogP contribution in [0.5, 0.6) is 0 Å². The third-order valence-electron chi connectivity index (χ3n) is 3.51. The Balaban J connectivity index is 1.90. The lowest BCUT2D eigenvalue weighted by atomic mass is 9.72. The van der Waals surface area contributed by atoms with Gasteiger partial charge in [0.15, 0.2) is 0 Å². The Kier molecular flexibility index (Phi) is 3.63. The van der Waals surface area contributed by atoms with Crippen molar-refractivity contribution in [3.8, 4) is 0 Å². The van der Waals surface area contributed by atoms with Gasteiger partial charge in [0.25, 0.3) is 0 Å². The van der Waals surface area contributed by atoms with Gasteiger partial charge in [0.2, 0.25) is 0 Å². The maximum atomic E-state index is 3.57. The molecule has 0 aliphatic carbocycles. The van der Waals surface area contributed by atoms with E-state index in [4.69, 9.17) is 0 Å². The van der Waals surface area contributed by atoms with Crippen molar-refractivity contribution in [3.63, 3.8) is 0 Å². The number of thiophene rings is 1. The summed E-state index contributed by atoms with van der Waals surface area (Å²) in [6.45, 7) is 2.14. The Morgan fingerprint density at radius 2 is 2.00 bits per heavy atom. The summed E-state index contributed by atoms with van der Waals surface area (Å²) in [5, 5.41) is 3.42. The van der Waals surface area contributed by atoms with Crippen LogP contribution in [-0.2, 0) is 11.8 Å². The van der Waals surface area contributed by atoms with E-state index >= 15 is 0 Å². The van der Waals surface area contributed by atoms with Crippen LogP contribution in [0.1, 0.15) is 10.4 Å². The molecule has 1 N–H and O–H groups in total. The second-order valence-electron chi connectivity index (χ2n) is 4.78. The van der Waals surface area contributed by atoms with E-state index in [1.54, 1.807) is 0 Å². The third kappa shape index (κ3) is 2.44. The highest BCUT2D eigenvalue weighted by Crippen LogP contribution is 2.36. The fourth-order valence-electron chi connectivity index (χ4n) is 2.46. The third-order valence-corrected chi connectivity index (χ3v) is 5.62. The molecule has 1 aliphatic rings. The molecule has 0 atom stereocenters. The van der Waals surface area contributed by atoms with Gasteiger partial charge >= 0.3 is 0 Å². The summed E-state index contributed by atoms with van der Waals surface area (Å²) in [6.07, 6.45) is 1.12. The van der Waals surface area contributed by atoms with E-state index < -0.39 is 0 Å². The zero-order valence-electron chi connectivity index (χ0n) is 9.75. The average Bonchev–Trinajstić information content (AvgIpc) is 2.69. The second-order valence-corrected chi connectivity index (χ2v) is 8.24. The molecule has 0 spiro atoms. The van der Waals surface area contributed by atoms with Crippen molar-refractivity contribution < 1.29 is 0 Å². The van der Waals surface area contributed by atoms with Crippen LogP contribution in [0.25, 0.3) is 0 Å². The molecule has 3 rings (SSSR count). The number of rotatable bonds is 3. The van der Waals surface area contributed by atoms with E-state index in [1.165, 1.54) is 18.7 Å². The highest BCUT2D eigenvalue weighted by atomic mass is 79.9. The fraction of sp³-hybridized carbons (Fsp3) is 0.286. The molecule has 4 heteroatoms. The molecule has 1 aromatic heterocycles. The summed E-state index contributed by atoms with van der Waals surface area (Å²) >= 11 is 8.95. The highest BCUT2D eigenvalue weighted by Gasteiger charge is 2.39. The van der Waals surface area contributed by atoms with Gasteiger partial charge in [-0.2, -0.15) is 0 Å². The molecule has 1 saturated heterocycles. The zero-order chi connectivity index (χ0) is 12.6. The minimum atomic E-state index is 0.272.